The zero-order chi connectivity index (χ0) is 16.7. The minimum Gasteiger partial charge on any atom is -0.381 e. The smallest absolute Gasteiger partial charge is 0.206 e. The fourth-order valence-corrected chi connectivity index (χ4v) is 5.34. The molecule has 1 fully saturated rings. The van der Waals surface area contributed by atoms with Crippen LogP contribution in [0.3, 0.4) is 0 Å². The van der Waals surface area contributed by atoms with Crippen molar-refractivity contribution in [2.45, 2.75) is 35.1 Å². The monoisotopic (exact) mass is 342 g/mol. The molecule has 24 heavy (non-hydrogen) atoms. The molecule has 2 aromatic rings. The molecule has 4 rings (SSSR count). The lowest BCUT2D eigenvalue weighted by molar-refractivity contribution is 0.443. The van der Waals surface area contributed by atoms with Crippen molar-refractivity contribution < 1.29 is 8.42 Å². The van der Waals surface area contributed by atoms with Gasteiger partial charge in [0.2, 0.25) is 9.84 Å². The SMILES string of the molecule is CC1CNCC[C@@H]2Nc3ccc(S(=O)(=O)c4ccccc4)cc3[C@@H]12. The molecule has 0 bridgehead atoms. The molecular weight excluding hydrogens is 320 g/mol. The Morgan fingerprint density at radius 1 is 1.04 bits per heavy atom. The van der Waals surface area contributed by atoms with E-state index >= 15 is 0 Å². The van der Waals surface area contributed by atoms with Gasteiger partial charge in [0, 0.05) is 17.6 Å². The van der Waals surface area contributed by atoms with Gasteiger partial charge in [-0.15, -0.1) is 0 Å². The van der Waals surface area contributed by atoms with E-state index in [0.29, 0.717) is 27.7 Å². The van der Waals surface area contributed by atoms with Crippen molar-refractivity contribution in [3.05, 3.63) is 54.1 Å². The van der Waals surface area contributed by atoms with Gasteiger partial charge in [-0.25, -0.2) is 8.42 Å². The zero-order valence-electron chi connectivity index (χ0n) is 13.7. The number of benzene rings is 2. The van der Waals surface area contributed by atoms with Crippen LogP contribution in [-0.2, 0) is 9.84 Å². The number of nitrogens with one attached hydrogen (secondary N) is 2. The molecule has 2 heterocycles. The summed E-state index contributed by atoms with van der Waals surface area (Å²) in [6.07, 6.45) is 1.06. The van der Waals surface area contributed by atoms with Crippen LogP contribution in [0.2, 0.25) is 0 Å². The number of fused-ring (bicyclic) bond motifs is 3. The second-order valence-corrected chi connectivity index (χ2v) is 8.76. The molecular formula is C19H22N2O2S. The van der Waals surface area contributed by atoms with Gasteiger partial charge in [-0.05, 0) is 61.3 Å². The second-order valence-electron chi connectivity index (χ2n) is 6.81. The largest absolute Gasteiger partial charge is 0.381 e. The van der Waals surface area contributed by atoms with Crippen LogP contribution in [0.25, 0.3) is 0 Å². The maximum atomic E-state index is 12.9. The van der Waals surface area contributed by atoms with Crippen molar-refractivity contribution in [3.8, 4) is 0 Å². The summed E-state index contributed by atoms with van der Waals surface area (Å²) in [4.78, 5) is 0.738. The molecule has 5 heteroatoms. The highest BCUT2D eigenvalue weighted by Gasteiger charge is 2.37. The van der Waals surface area contributed by atoms with Crippen molar-refractivity contribution in [2.75, 3.05) is 18.4 Å². The summed E-state index contributed by atoms with van der Waals surface area (Å²) < 4.78 is 25.8. The van der Waals surface area contributed by atoms with Crippen molar-refractivity contribution in [1.29, 1.82) is 0 Å². The molecule has 1 unspecified atom stereocenters. The summed E-state index contributed by atoms with van der Waals surface area (Å²) in [5.74, 6) is 0.835. The number of hydrogen-bond acceptors (Lipinski definition) is 4. The Morgan fingerprint density at radius 2 is 1.83 bits per heavy atom. The van der Waals surface area contributed by atoms with Crippen LogP contribution < -0.4 is 10.6 Å². The summed E-state index contributed by atoms with van der Waals surface area (Å²) >= 11 is 0. The molecule has 4 nitrogen and oxygen atoms in total. The molecule has 2 aliphatic rings. The van der Waals surface area contributed by atoms with E-state index < -0.39 is 9.84 Å². The van der Waals surface area contributed by atoms with E-state index in [1.807, 2.05) is 18.2 Å². The first-order valence-electron chi connectivity index (χ1n) is 8.49. The molecule has 0 radical (unpaired) electrons. The average Bonchev–Trinajstić information content (AvgIpc) is 2.86. The highest BCUT2D eigenvalue weighted by molar-refractivity contribution is 7.91. The third kappa shape index (κ3) is 2.52. The quantitative estimate of drug-likeness (QED) is 0.881. The Hall–Kier alpha value is -1.85. The topological polar surface area (TPSA) is 58.2 Å². The molecule has 2 aromatic carbocycles. The second kappa shape index (κ2) is 5.90. The van der Waals surface area contributed by atoms with Gasteiger partial charge in [-0.2, -0.15) is 0 Å². The normalized spacial score (nSPS) is 26.1. The van der Waals surface area contributed by atoms with Crippen molar-refractivity contribution >= 4 is 15.5 Å². The van der Waals surface area contributed by atoms with Gasteiger partial charge >= 0.3 is 0 Å². The molecule has 0 saturated carbocycles. The maximum Gasteiger partial charge on any atom is 0.206 e. The van der Waals surface area contributed by atoms with Gasteiger partial charge in [0.1, 0.15) is 0 Å². The van der Waals surface area contributed by atoms with Gasteiger partial charge in [0.25, 0.3) is 0 Å². The lowest BCUT2D eigenvalue weighted by Gasteiger charge is -2.22. The average molecular weight is 342 g/mol. The zero-order valence-corrected chi connectivity index (χ0v) is 14.5. The minimum absolute atomic E-state index is 0.350. The molecule has 2 N–H and O–H groups in total. The van der Waals surface area contributed by atoms with E-state index in [-0.39, 0.29) is 0 Å². The van der Waals surface area contributed by atoms with Crippen molar-refractivity contribution in [2.24, 2.45) is 5.92 Å². The molecule has 0 amide bonds. The van der Waals surface area contributed by atoms with E-state index in [1.165, 1.54) is 0 Å². The van der Waals surface area contributed by atoms with Gasteiger partial charge in [0.05, 0.1) is 9.79 Å². The summed E-state index contributed by atoms with van der Waals surface area (Å²) in [6, 6.07) is 14.6. The Labute approximate surface area is 143 Å². The van der Waals surface area contributed by atoms with Crippen LogP contribution in [0.4, 0.5) is 5.69 Å². The third-order valence-corrected chi connectivity index (χ3v) is 7.00. The summed E-state index contributed by atoms with van der Waals surface area (Å²) in [7, 11) is -3.47. The van der Waals surface area contributed by atoms with E-state index in [4.69, 9.17) is 0 Å². The Morgan fingerprint density at radius 3 is 2.62 bits per heavy atom. The predicted molar refractivity (Wildman–Crippen MR) is 95.1 cm³/mol. The number of rotatable bonds is 2. The van der Waals surface area contributed by atoms with E-state index in [0.717, 1.165) is 30.8 Å². The molecule has 126 valence electrons. The number of hydrogen-bond donors (Lipinski definition) is 2. The first-order valence-corrected chi connectivity index (χ1v) is 9.97. The first kappa shape index (κ1) is 15.7. The van der Waals surface area contributed by atoms with Crippen LogP contribution in [0.1, 0.15) is 24.8 Å². The Balaban J connectivity index is 1.77. The standard InChI is InChI=1S/C19H22N2O2S/c1-13-12-20-10-9-18-19(13)16-11-15(7-8-17(16)21-18)24(22,23)14-5-3-2-4-6-14/h2-8,11,13,18-21H,9-10,12H2,1H3/t13?,18-,19+/m0/s1. The van der Waals surface area contributed by atoms with Crippen LogP contribution in [-0.4, -0.2) is 27.5 Å². The van der Waals surface area contributed by atoms with Crippen LogP contribution in [0.15, 0.2) is 58.3 Å². The first-order chi connectivity index (χ1) is 11.6. The molecule has 3 atom stereocenters. The van der Waals surface area contributed by atoms with Crippen LogP contribution in [0.5, 0.6) is 0 Å². The summed E-state index contributed by atoms with van der Waals surface area (Å²) in [5.41, 5.74) is 2.24. The van der Waals surface area contributed by atoms with Crippen LogP contribution in [0, 0.1) is 5.92 Å². The van der Waals surface area contributed by atoms with Gasteiger partial charge < -0.3 is 10.6 Å². The fourth-order valence-electron chi connectivity index (χ4n) is 4.03. The Kier molecular flexibility index (Phi) is 3.85. The van der Waals surface area contributed by atoms with Gasteiger partial charge in [-0.3, -0.25) is 0 Å². The lowest BCUT2D eigenvalue weighted by atomic mass is 9.84. The molecule has 1 saturated heterocycles. The Bertz CT molecular complexity index is 849. The van der Waals surface area contributed by atoms with E-state index in [2.05, 4.69) is 17.6 Å². The number of anilines is 1. The fraction of sp³-hybridized carbons (Fsp3) is 0.368. The highest BCUT2D eigenvalue weighted by Crippen LogP contribution is 2.43. The molecule has 0 spiro atoms. The summed E-state index contributed by atoms with van der Waals surface area (Å²) in [5, 5.41) is 7.06. The van der Waals surface area contributed by atoms with Gasteiger partial charge in [-0.1, -0.05) is 25.1 Å². The number of sulfone groups is 1. The van der Waals surface area contributed by atoms with Crippen molar-refractivity contribution in [1.82, 2.24) is 5.32 Å². The third-order valence-electron chi connectivity index (χ3n) is 5.23. The lowest BCUT2D eigenvalue weighted by Crippen LogP contribution is -2.25. The molecule has 2 aliphatic heterocycles. The van der Waals surface area contributed by atoms with Crippen molar-refractivity contribution in [3.63, 3.8) is 0 Å². The van der Waals surface area contributed by atoms with E-state index in [9.17, 15) is 8.42 Å². The summed E-state index contributed by atoms with van der Waals surface area (Å²) in [6.45, 7) is 4.21. The predicted octanol–water partition coefficient (Wildman–Crippen LogP) is 3.03. The molecule has 0 aromatic heterocycles. The highest BCUT2D eigenvalue weighted by atomic mass is 32.2. The van der Waals surface area contributed by atoms with Gasteiger partial charge in [0.15, 0.2) is 0 Å². The molecule has 0 aliphatic carbocycles. The van der Waals surface area contributed by atoms with E-state index in [1.54, 1.807) is 30.3 Å². The maximum absolute atomic E-state index is 12.9. The van der Waals surface area contributed by atoms with Crippen LogP contribution >= 0.6 is 0 Å². The minimum atomic E-state index is -3.47.